The molecule has 2 N–H and O–H groups in total. The summed E-state index contributed by atoms with van der Waals surface area (Å²) in [6.45, 7) is -1.84. The molecule has 1 saturated heterocycles. The van der Waals surface area contributed by atoms with Gasteiger partial charge in [0.2, 0.25) is 0 Å². The van der Waals surface area contributed by atoms with Gasteiger partial charge in [0.25, 0.3) is 5.91 Å². The molecule has 8 heteroatoms. The monoisotopic (exact) mass is 318 g/mol. The highest BCUT2D eigenvalue weighted by molar-refractivity contribution is 5.97. The summed E-state index contributed by atoms with van der Waals surface area (Å²) >= 11 is 0. The summed E-state index contributed by atoms with van der Waals surface area (Å²) in [7, 11) is 1.45. The average molecular weight is 318 g/mol. The van der Waals surface area contributed by atoms with Crippen molar-refractivity contribution in [3.05, 3.63) is 24.0 Å². The van der Waals surface area contributed by atoms with Crippen LogP contribution in [0.1, 0.15) is 12.8 Å². The molecule has 1 aliphatic rings. The molecular formula is C14H17F3N2O3. The molecule has 0 unspecified atom stereocenters. The lowest BCUT2D eigenvalue weighted by atomic mass is 9.91. The quantitative estimate of drug-likeness (QED) is 0.873. The highest BCUT2D eigenvalue weighted by Crippen LogP contribution is 2.27. The minimum absolute atomic E-state index is 0.152. The zero-order valence-electron chi connectivity index (χ0n) is 12.0. The first kappa shape index (κ1) is 16.6. The number of hydrogen-bond acceptors (Lipinski definition) is 4. The number of ether oxygens (including phenoxy) is 2. The van der Waals surface area contributed by atoms with Gasteiger partial charge in [-0.15, -0.1) is 0 Å². The normalized spacial score (nSPS) is 17.3. The fourth-order valence-corrected chi connectivity index (χ4v) is 2.37. The number of nitrogens with one attached hydrogen (secondary N) is 2. The van der Waals surface area contributed by atoms with Crippen molar-refractivity contribution in [1.29, 1.82) is 0 Å². The summed E-state index contributed by atoms with van der Waals surface area (Å²) < 4.78 is 47.1. The Morgan fingerprint density at radius 1 is 1.36 bits per heavy atom. The second-order valence-electron chi connectivity index (χ2n) is 4.93. The predicted molar refractivity (Wildman–Crippen MR) is 73.5 cm³/mol. The van der Waals surface area contributed by atoms with Crippen LogP contribution in [0, 0.1) is 5.82 Å². The first-order valence-electron chi connectivity index (χ1n) is 6.78. The largest absolute Gasteiger partial charge is 0.432 e. The predicted octanol–water partition coefficient (Wildman–Crippen LogP) is 2.13. The zero-order chi connectivity index (χ0) is 16.2. The number of alkyl halides is 2. The van der Waals surface area contributed by atoms with Gasteiger partial charge in [0, 0.05) is 18.9 Å². The van der Waals surface area contributed by atoms with E-state index in [9.17, 15) is 18.0 Å². The summed E-state index contributed by atoms with van der Waals surface area (Å²) in [5.41, 5.74) is -0.820. The minimum Gasteiger partial charge on any atom is -0.432 e. The number of piperidine rings is 1. The summed E-state index contributed by atoms with van der Waals surface area (Å²) in [6, 6.07) is 3.27. The van der Waals surface area contributed by atoms with Crippen molar-refractivity contribution in [2.75, 3.05) is 25.5 Å². The maximum atomic E-state index is 13.6. The number of anilines is 1. The molecule has 122 valence electrons. The summed E-state index contributed by atoms with van der Waals surface area (Å²) in [5, 5.41) is 5.67. The van der Waals surface area contributed by atoms with E-state index in [1.165, 1.54) is 13.2 Å². The Morgan fingerprint density at radius 3 is 2.59 bits per heavy atom. The van der Waals surface area contributed by atoms with Crippen molar-refractivity contribution in [2.45, 2.75) is 25.1 Å². The number of carbonyl (C=O) groups is 1. The van der Waals surface area contributed by atoms with Gasteiger partial charge in [-0.05, 0) is 38.1 Å². The summed E-state index contributed by atoms with van der Waals surface area (Å²) in [5.74, 6) is -1.94. The van der Waals surface area contributed by atoms with Gasteiger partial charge >= 0.3 is 6.61 Å². The second kappa shape index (κ2) is 6.97. The molecule has 2 rings (SSSR count). The lowest BCUT2D eigenvalue weighted by Gasteiger charge is -2.34. The molecule has 5 nitrogen and oxygen atoms in total. The lowest BCUT2D eigenvalue weighted by molar-refractivity contribution is -0.140. The number of methoxy groups -OCH3 is 1. The maximum Gasteiger partial charge on any atom is 0.387 e. The molecule has 1 amide bonds. The number of benzene rings is 1. The van der Waals surface area contributed by atoms with Gasteiger partial charge in [-0.2, -0.15) is 8.78 Å². The molecule has 0 aromatic heterocycles. The first-order valence-corrected chi connectivity index (χ1v) is 6.78. The Bertz CT molecular complexity index is 534. The maximum absolute atomic E-state index is 13.6. The lowest BCUT2D eigenvalue weighted by Crippen LogP contribution is -2.51. The number of rotatable bonds is 5. The number of amides is 1. The molecule has 0 radical (unpaired) electrons. The van der Waals surface area contributed by atoms with Crippen LogP contribution < -0.4 is 15.4 Å². The highest BCUT2D eigenvalue weighted by atomic mass is 19.3. The van der Waals surface area contributed by atoms with Crippen LogP contribution in [0.15, 0.2) is 18.2 Å². The molecule has 0 spiro atoms. The third kappa shape index (κ3) is 3.69. The van der Waals surface area contributed by atoms with Crippen molar-refractivity contribution < 1.29 is 27.4 Å². The van der Waals surface area contributed by atoms with E-state index in [4.69, 9.17) is 4.74 Å². The van der Waals surface area contributed by atoms with E-state index >= 15 is 0 Å². The number of halogens is 3. The van der Waals surface area contributed by atoms with E-state index in [-0.39, 0.29) is 5.69 Å². The Labute approximate surface area is 125 Å². The number of carbonyl (C=O) groups excluding carboxylic acids is 1. The molecule has 0 bridgehead atoms. The smallest absolute Gasteiger partial charge is 0.387 e. The fourth-order valence-electron chi connectivity index (χ4n) is 2.37. The Kier molecular flexibility index (Phi) is 5.25. The molecule has 1 heterocycles. The van der Waals surface area contributed by atoms with Gasteiger partial charge in [-0.25, -0.2) is 4.39 Å². The highest BCUT2D eigenvalue weighted by Gasteiger charge is 2.39. The van der Waals surface area contributed by atoms with Gasteiger partial charge in [0.1, 0.15) is 5.60 Å². The second-order valence-corrected chi connectivity index (χ2v) is 4.93. The molecule has 0 aliphatic carbocycles. The summed E-state index contributed by atoms with van der Waals surface area (Å²) in [4.78, 5) is 12.4. The van der Waals surface area contributed by atoms with Crippen LogP contribution in [0.25, 0.3) is 0 Å². The van der Waals surface area contributed by atoms with Crippen LogP contribution in [0.5, 0.6) is 5.75 Å². The molecule has 0 saturated carbocycles. The van der Waals surface area contributed by atoms with Crippen molar-refractivity contribution in [2.24, 2.45) is 0 Å². The molecule has 22 heavy (non-hydrogen) atoms. The third-order valence-corrected chi connectivity index (χ3v) is 3.62. The molecule has 1 aliphatic heterocycles. The Hall–Kier alpha value is -1.80. The minimum atomic E-state index is -3.11. The van der Waals surface area contributed by atoms with E-state index in [1.54, 1.807) is 0 Å². The van der Waals surface area contributed by atoms with Gasteiger partial charge in [0.05, 0.1) is 0 Å². The van der Waals surface area contributed by atoms with Gasteiger partial charge < -0.3 is 20.1 Å². The average Bonchev–Trinajstić information content (AvgIpc) is 2.50. The van der Waals surface area contributed by atoms with E-state index in [0.29, 0.717) is 25.9 Å². The van der Waals surface area contributed by atoms with Crippen LogP contribution in [-0.2, 0) is 9.53 Å². The standard InChI is InChI=1S/C14H17F3N2O3/c1-21-14(4-6-18-7-5-14)12(20)19-9-2-3-11(10(15)8-9)22-13(16)17/h2-3,8,13,18H,4-7H2,1H3,(H,19,20). The van der Waals surface area contributed by atoms with Crippen molar-refractivity contribution in [1.82, 2.24) is 5.32 Å². The first-order chi connectivity index (χ1) is 10.5. The zero-order valence-corrected chi connectivity index (χ0v) is 12.0. The van der Waals surface area contributed by atoms with Gasteiger partial charge in [0.15, 0.2) is 11.6 Å². The van der Waals surface area contributed by atoms with Crippen LogP contribution in [0.3, 0.4) is 0 Å². The van der Waals surface area contributed by atoms with Crippen molar-refractivity contribution in [3.63, 3.8) is 0 Å². The van der Waals surface area contributed by atoms with Crippen LogP contribution in [0.2, 0.25) is 0 Å². The molecule has 0 atom stereocenters. The molecular weight excluding hydrogens is 301 g/mol. The third-order valence-electron chi connectivity index (χ3n) is 3.62. The topological polar surface area (TPSA) is 59.6 Å². The van der Waals surface area contributed by atoms with E-state index in [0.717, 1.165) is 12.1 Å². The molecule has 1 fully saturated rings. The van der Waals surface area contributed by atoms with Crippen LogP contribution in [-0.4, -0.2) is 38.3 Å². The summed E-state index contributed by atoms with van der Waals surface area (Å²) in [6.07, 6.45) is 0.981. The fraction of sp³-hybridized carbons (Fsp3) is 0.500. The van der Waals surface area contributed by atoms with E-state index < -0.39 is 29.7 Å². The van der Waals surface area contributed by atoms with Crippen LogP contribution in [0.4, 0.5) is 18.9 Å². The Balaban J connectivity index is 2.09. The van der Waals surface area contributed by atoms with Crippen LogP contribution >= 0.6 is 0 Å². The van der Waals surface area contributed by atoms with Gasteiger partial charge in [-0.1, -0.05) is 0 Å². The number of hydrogen-bond donors (Lipinski definition) is 2. The van der Waals surface area contributed by atoms with Gasteiger partial charge in [-0.3, -0.25) is 4.79 Å². The SMILES string of the molecule is COC1(C(=O)Nc2ccc(OC(F)F)c(F)c2)CCNCC1. The van der Waals surface area contributed by atoms with Crippen molar-refractivity contribution >= 4 is 11.6 Å². The molecule has 1 aromatic carbocycles. The molecule has 1 aromatic rings. The van der Waals surface area contributed by atoms with Crippen molar-refractivity contribution in [3.8, 4) is 5.75 Å². The van der Waals surface area contributed by atoms with E-state index in [1.807, 2.05) is 0 Å². The van der Waals surface area contributed by atoms with E-state index in [2.05, 4.69) is 15.4 Å². The Morgan fingerprint density at radius 2 is 2.05 bits per heavy atom.